The molecule has 0 radical (unpaired) electrons. The molecule has 2 atom stereocenters. The van der Waals surface area contributed by atoms with Crippen LogP contribution in [-0.2, 0) is 4.74 Å². The highest BCUT2D eigenvalue weighted by atomic mass is 16.5. The molecule has 2 heterocycles. The van der Waals surface area contributed by atoms with Gasteiger partial charge in [0.1, 0.15) is 0 Å². The SMILES string of the molecule is CCC1CC(NN2CCN(C)CC2)CCO1. The van der Waals surface area contributed by atoms with Crippen LogP contribution in [0.2, 0.25) is 0 Å². The van der Waals surface area contributed by atoms with Gasteiger partial charge in [-0.25, -0.2) is 5.01 Å². The van der Waals surface area contributed by atoms with Gasteiger partial charge in [0.15, 0.2) is 0 Å². The Morgan fingerprint density at radius 2 is 2.00 bits per heavy atom. The van der Waals surface area contributed by atoms with Gasteiger partial charge in [0, 0.05) is 38.8 Å². The van der Waals surface area contributed by atoms with Gasteiger partial charge in [0.25, 0.3) is 0 Å². The highest BCUT2D eigenvalue weighted by Gasteiger charge is 2.23. The summed E-state index contributed by atoms with van der Waals surface area (Å²) in [5, 5.41) is 2.39. The molecule has 2 fully saturated rings. The average molecular weight is 227 g/mol. The maximum atomic E-state index is 5.70. The minimum Gasteiger partial charge on any atom is -0.378 e. The lowest BCUT2D eigenvalue weighted by molar-refractivity contribution is -0.0217. The van der Waals surface area contributed by atoms with Gasteiger partial charge in [-0.05, 0) is 26.3 Å². The molecule has 0 aromatic rings. The van der Waals surface area contributed by atoms with Crippen molar-refractivity contribution in [3.63, 3.8) is 0 Å². The third-order valence-electron chi connectivity index (χ3n) is 3.69. The molecular formula is C12H25N3O. The molecule has 0 spiro atoms. The highest BCUT2D eigenvalue weighted by Crippen LogP contribution is 2.16. The Morgan fingerprint density at radius 1 is 1.25 bits per heavy atom. The van der Waals surface area contributed by atoms with E-state index in [1.807, 2.05) is 0 Å². The summed E-state index contributed by atoms with van der Waals surface area (Å²) >= 11 is 0. The van der Waals surface area contributed by atoms with Crippen molar-refractivity contribution >= 4 is 0 Å². The van der Waals surface area contributed by atoms with E-state index in [2.05, 4.69) is 29.3 Å². The lowest BCUT2D eigenvalue weighted by atomic mass is 10.0. The van der Waals surface area contributed by atoms with E-state index in [0.29, 0.717) is 12.1 Å². The molecule has 16 heavy (non-hydrogen) atoms. The van der Waals surface area contributed by atoms with Gasteiger partial charge >= 0.3 is 0 Å². The zero-order valence-corrected chi connectivity index (χ0v) is 10.6. The smallest absolute Gasteiger partial charge is 0.0587 e. The molecule has 1 N–H and O–H groups in total. The Bertz CT molecular complexity index is 204. The summed E-state index contributed by atoms with van der Waals surface area (Å²) in [7, 11) is 2.19. The summed E-state index contributed by atoms with van der Waals surface area (Å²) in [6, 6.07) is 0.627. The molecule has 2 rings (SSSR count). The van der Waals surface area contributed by atoms with E-state index in [0.717, 1.165) is 32.5 Å². The molecule has 0 bridgehead atoms. The Labute approximate surface area is 98.9 Å². The van der Waals surface area contributed by atoms with E-state index >= 15 is 0 Å². The lowest BCUT2D eigenvalue weighted by Crippen LogP contribution is -2.55. The molecular weight excluding hydrogens is 202 g/mol. The van der Waals surface area contributed by atoms with Crippen LogP contribution in [0.25, 0.3) is 0 Å². The Hall–Kier alpha value is -0.160. The number of hydrogen-bond donors (Lipinski definition) is 1. The number of piperazine rings is 1. The first-order chi connectivity index (χ1) is 7.78. The molecule has 2 aliphatic rings. The van der Waals surface area contributed by atoms with Gasteiger partial charge in [-0.2, -0.15) is 0 Å². The van der Waals surface area contributed by atoms with Crippen molar-refractivity contribution in [1.82, 2.24) is 15.3 Å². The standard InChI is InChI=1S/C12H25N3O/c1-3-12-10-11(4-9-16-12)13-15-7-5-14(2)6-8-15/h11-13H,3-10H2,1-2H3. The van der Waals surface area contributed by atoms with E-state index < -0.39 is 0 Å². The van der Waals surface area contributed by atoms with Crippen molar-refractivity contribution in [1.29, 1.82) is 0 Å². The van der Waals surface area contributed by atoms with Gasteiger partial charge in [-0.1, -0.05) is 6.92 Å². The predicted molar refractivity (Wildman–Crippen MR) is 65.3 cm³/mol. The molecule has 0 amide bonds. The molecule has 4 heteroatoms. The third kappa shape index (κ3) is 3.42. The quantitative estimate of drug-likeness (QED) is 0.768. The van der Waals surface area contributed by atoms with Crippen molar-refractivity contribution in [3.8, 4) is 0 Å². The molecule has 0 aliphatic carbocycles. The van der Waals surface area contributed by atoms with Crippen LogP contribution in [0.5, 0.6) is 0 Å². The highest BCUT2D eigenvalue weighted by molar-refractivity contribution is 4.77. The van der Waals surface area contributed by atoms with Crippen molar-refractivity contribution in [2.75, 3.05) is 39.8 Å². The van der Waals surface area contributed by atoms with Crippen LogP contribution in [0, 0.1) is 0 Å². The van der Waals surface area contributed by atoms with Crippen LogP contribution in [0.3, 0.4) is 0 Å². The molecule has 94 valence electrons. The first-order valence-electron chi connectivity index (χ1n) is 6.59. The number of hydrazine groups is 1. The van der Waals surface area contributed by atoms with E-state index in [1.54, 1.807) is 0 Å². The molecule has 0 saturated carbocycles. The fourth-order valence-corrected chi connectivity index (χ4v) is 2.48. The second-order valence-electron chi connectivity index (χ2n) is 5.04. The zero-order chi connectivity index (χ0) is 11.4. The maximum Gasteiger partial charge on any atom is 0.0587 e. The zero-order valence-electron chi connectivity index (χ0n) is 10.6. The summed E-state index contributed by atoms with van der Waals surface area (Å²) in [6.45, 7) is 7.77. The Morgan fingerprint density at radius 3 is 2.69 bits per heavy atom. The molecule has 0 aromatic carbocycles. The van der Waals surface area contributed by atoms with E-state index in [9.17, 15) is 0 Å². The van der Waals surface area contributed by atoms with E-state index in [4.69, 9.17) is 4.74 Å². The monoisotopic (exact) mass is 227 g/mol. The second-order valence-corrected chi connectivity index (χ2v) is 5.04. The second kappa shape index (κ2) is 5.96. The number of hydrogen-bond acceptors (Lipinski definition) is 4. The fraction of sp³-hybridized carbons (Fsp3) is 1.00. The molecule has 2 aliphatic heterocycles. The fourth-order valence-electron chi connectivity index (χ4n) is 2.48. The lowest BCUT2D eigenvalue weighted by Gasteiger charge is -2.38. The number of likely N-dealkylation sites (N-methyl/N-ethyl adjacent to an activating group) is 1. The van der Waals surface area contributed by atoms with Crippen LogP contribution >= 0.6 is 0 Å². The first-order valence-corrected chi connectivity index (χ1v) is 6.59. The minimum atomic E-state index is 0.471. The summed E-state index contributed by atoms with van der Waals surface area (Å²) in [5.74, 6) is 0. The van der Waals surface area contributed by atoms with Crippen LogP contribution in [0.15, 0.2) is 0 Å². The number of nitrogens with one attached hydrogen (secondary N) is 1. The third-order valence-corrected chi connectivity index (χ3v) is 3.69. The van der Waals surface area contributed by atoms with Crippen LogP contribution < -0.4 is 5.43 Å². The van der Waals surface area contributed by atoms with Crippen molar-refractivity contribution in [3.05, 3.63) is 0 Å². The maximum absolute atomic E-state index is 5.70. The number of nitrogens with zero attached hydrogens (tertiary/aromatic N) is 2. The van der Waals surface area contributed by atoms with Crippen LogP contribution in [0.1, 0.15) is 26.2 Å². The van der Waals surface area contributed by atoms with Gasteiger partial charge in [0.2, 0.25) is 0 Å². The number of rotatable bonds is 3. The molecule has 0 aromatic heterocycles. The van der Waals surface area contributed by atoms with Crippen molar-refractivity contribution in [2.45, 2.75) is 38.3 Å². The van der Waals surface area contributed by atoms with Crippen molar-refractivity contribution < 1.29 is 4.74 Å². The van der Waals surface area contributed by atoms with Gasteiger partial charge in [0.05, 0.1) is 6.10 Å². The largest absolute Gasteiger partial charge is 0.378 e. The predicted octanol–water partition coefficient (Wildman–Crippen LogP) is 0.696. The average Bonchev–Trinajstić information content (AvgIpc) is 2.32. The van der Waals surface area contributed by atoms with Gasteiger partial charge < -0.3 is 9.64 Å². The van der Waals surface area contributed by atoms with E-state index in [1.165, 1.54) is 19.5 Å². The minimum absolute atomic E-state index is 0.471. The summed E-state index contributed by atoms with van der Waals surface area (Å²) in [5.41, 5.74) is 3.67. The summed E-state index contributed by atoms with van der Waals surface area (Å²) < 4.78 is 5.70. The molecule has 4 nitrogen and oxygen atoms in total. The topological polar surface area (TPSA) is 27.7 Å². The summed E-state index contributed by atoms with van der Waals surface area (Å²) in [4.78, 5) is 2.39. The Kier molecular flexibility index (Phi) is 4.58. The number of ether oxygens (including phenoxy) is 1. The van der Waals surface area contributed by atoms with Crippen molar-refractivity contribution in [2.24, 2.45) is 0 Å². The molecule has 2 unspecified atom stereocenters. The summed E-state index contributed by atoms with van der Waals surface area (Å²) in [6.07, 6.45) is 3.94. The Balaban J connectivity index is 1.72. The van der Waals surface area contributed by atoms with Gasteiger partial charge in [-0.3, -0.25) is 5.43 Å². The molecule has 2 saturated heterocycles. The van der Waals surface area contributed by atoms with Crippen LogP contribution in [0.4, 0.5) is 0 Å². The van der Waals surface area contributed by atoms with Gasteiger partial charge in [-0.15, -0.1) is 0 Å². The van der Waals surface area contributed by atoms with Crippen LogP contribution in [-0.4, -0.2) is 61.9 Å². The first kappa shape index (κ1) is 12.3. The normalized spacial score (nSPS) is 34.1. The van der Waals surface area contributed by atoms with E-state index in [-0.39, 0.29) is 0 Å².